The van der Waals surface area contributed by atoms with Crippen LogP contribution in [0, 0.1) is 23.4 Å². The molecule has 120 valence electrons. The van der Waals surface area contributed by atoms with Crippen molar-refractivity contribution in [3.63, 3.8) is 0 Å². The molecule has 1 aromatic carbocycles. The maximum atomic E-state index is 13.8. The van der Waals surface area contributed by atoms with E-state index in [2.05, 4.69) is 0 Å². The lowest BCUT2D eigenvalue weighted by Gasteiger charge is -2.35. The zero-order valence-electron chi connectivity index (χ0n) is 11.7. The Morgan fingerprint density at radius 1 is 1.09 bits per heavy atom. The molecule has 0 spiro atoms. The second kappa shape index (κ2) is 5.60. The van der Waals surface area contributed by atoms with E-state index in [0.717, 1.165) is 0 Å². The molecule has 0 aromatic heterocycles. The number of carbonyl (C=O) groups excluding carboxylic acids is 2. The molecular weight excluding hydrogens is 305 g/mol. The Bertz CT molecular complexity index is 609. The van der Waals surface area contributed by atoms with Crippen molar-refractivity contribution in [2.45, 2.75) is 25.6 Å². The summed E-state index contributed by atoms with van der Waals surface area (Å²) in [7, 11) is 0. The summed E-state index contributed by atoms with van der Waals surface area (Å²) in [4.78, 5) is 23.9. The number of hydrogen-bond donors (Lipinski definition) is 1. The molecule has 0 amide bonds. The molecule has 0 aliphatic carbocycles. The van der Waals surface area contributed by atoms with Crippen molar-refractivity contribution in [1.82, 2.24) is 0 Å². The van der Waals surface area contributed by atoms with Crippen molar-refractivity contribution in [3.05, 3.63) is 35.1 Å². The molecule has 8 heteroatoms. The number of hydrogen-bond acceptors (Lipinski definition) is 5. The molecule has 1 unspecified atom stereocenters. The number of aliphatic hydroxyl groups is 1. The highest BCUT2D eigenvalue weighted by atomic mass is 19.2. The van der Waals surface area contributed by atoms with Gasteiger partial charge in [-0.1, -0.05) is 0 Å². The van der Waals surface area contributed by atoms with E-state index in [9.17, 15) is 27.9 Å². The van der Waals surface area contributed by atoms with Gasteiger partial charge in [-0.3, -0.25) is 9.59 Å². The van der Waals surface area contributed by atoms with Crippen LogP contribution < -0.4 is 0 Å². The number of cyclic esters (lactones) is 2. The number of carbonyl (C=O) groups is 2. The minimum atomic E-state index is -1.67. The maximum absolute atomic E-state index is 13.8. The summed E-state index contributed by atoms with van der Waals surface area (Å²) < 4.78 is 49.8. The summed E-state index contributed by atoms with van der Waals surface area (Å²) in [5.41, 5.74) is -0.514. The summed E-state index contributed by atoms with van der Waals surface area (Å²) in [6, 6.07) is 0.766. The zero-order chi connectivity index (χ0) is 16.7. The van der Waals surface area contributed by atoms with E-state index >= 15 is 0 Å². The summed E-state index contributed by atoms with van der Waals surface area (Å²) in [6.45, 7) is 1.79. The van der Waals surface area contributed by atoms with Gasteiger partial charge in [-0.15, -0.1) is 0 Å². The van der Waals surface area contributed by atoms with Crippen molar-refractivity contribution >= 4 is 11.9 Å². The van der Waals surface area contributed by atoms with Gasteiger partial charge in [0.2, 0.25) is 0 Å². The number of rotatable bonds is 3. The van der Waals surface area contributed by atoms with Gasteiger partial charge in [0, 0.05) is 25.8 Å². The normalized spacial score (nSPS) is 19.5. The lowest BCUT2D eigenvalue weighted by Crippen LogP contribution is -2.48. The Morgan fingerprint density at radius 2 is 1.59 bits per heavy atom. The topological polar surface area (TPSA) is 72.8 Å². The quantitative estimate of drug-likeness (QED) is 0.521. The lowest BCUT2D eigenvalue weighted by atomic mass is 9.85. The molecule has 22 heavy (non-hydrogen) atoms. The third kappa shape index (κ3) is 2.92. The smallest absolute Gasteiger partial charge is 0.324 e. The van der Waals surface area contributed by atoms with E-state index in [4.69, 9.17) is 9.47 Å². The second-order valence-electron chi connectivity index (χ2n) is 5.30. The highest BCUT2D eigenvalue weighted by molar-refractivity contribution is 5.97. The lowest BCUT2D eigenvalue weighted by molar-refractivity contribution is -0.241. The Labute approximate surface area is 123 Å². The van der Waals surface area contributed by atoms with Crippen LogP contribution in [-0.2, 0) is 19.1 Å². The minimum absolute atomic E-state index is 0.275. The number of esters is 2. The molecule has 0 saturated carbocycles. The fourth-order valence-corrected chi connectivity index (χ4v) is 2.26. The maximum Gasteiger partial charge on any atom is 0.324 e. The van der Waals surface area contributed by atoms with Gasteiger partial charge < -0.3 is 14.6 Å². The molecule has 1 aliphatic rings. The van der Waals surface area contributed by atoms with Crippen LogP contribution in [0.4, 0.5) is 13.2 Å². The van der Waals surface area contributed by atoms with Crippen LogP contribution in [0.15, 0.2) is 12.1 Å². The van der Waals surface area contributed by atoms with Crippen LogP contribution in [0.2, 0.25) is 0 Å². The largest absolute Gasteiger partial charge is 0.422 e. The summed E-state index contributed by atoms with van der Waals surface area (Å²) >= 11 is 0. The first-order chi connectivity index (χ1) is 10.2. The monoisotopic (exact) mass is 318 g/mol. The predicted octanol–water partition coefficient (Wildman–Crippen LogP) is 1.63. The van der Waals surface area contributed by atoms with Gasteiger partial charge >= 0.3 is 11.9 Å². The fraction of sp³-hybridized carbons (Fsp3) is 0.429. The molecule has 1 atom stereocenters. The molecule has 1 heterocycles. The van der Waals surface area contributed by atoms with E-state index in [1.165, 1.54) is 13.8 Å². The highest BCUT2D eigenvalue weighted by Gasteiger charge is 2.48. The van der Waals surface area contributed by atoms with Crippen LogP contribution >= 0.6 is 0 Å². The number of ether oxygens (including phenoxy) is 2. The van der Waals surface area contributed by atoms with Crippen molar-refractivity contribution in [3.8, 4) is 0 Å². The molecule has 2 rings (SSSR count). The van der Waals surface area contributed by atoms with Crippen molar-refractivity contribution in [1.29, 1.82) is 0 Å². The average Bonchev–Trinajstić information content (AvgIpc) is 2.37. The van der Waals surface area contributed by atoms with Crippen LogP contribution in [0.5, 0.6) is 0 Å². The van der Waals surface area contributed by atoms with Gasteiger partial charge in [-0.05, 0) is 11.6 Å². The molecule has 1 saturated heterocycles. The van der Waals surface area contributed by atoms with E-state index in [0.29, 0.717) is 6.07 Å². The van der Waals surface area contributed by atoms with E-state index in [-0.39, 0.29) is 6.07 Å². The number of halogens is 3. The molecule has 0 radical (unpaired) electrons. The van der Waals surface area contributed by atoms with Gasteiger partial charge in [0.1, 0.15) is 5.82 Å². The molecule has 5 nitrogen and oxygen atoms in total. The zero-order valence-corrected chi connectivity index (χ0v) is 11.7. The third-order valence-electron chi connectivity index (χ3n) is 3.24. The van der Waals surface area contributed by atoms with E-state index in [1.54, 1.807) is 0 Å². The Hall–Kier alpha value is -2.09. The first-order valence-corrected chi connectivity index (χ1v) is 6.37. The predicted molar refractivity (Wildman–Crippen MR) is 65.9 cm³/mol. The van der Waals surface area contributed by atoms with Crippen LogP contribution in [0.1, 0.15) is 25.3 Å². The minimum Gasteiger partial charge on any atom is -0.422 e. The number of benzene rings is 1. The van der Waals surface area contributed by atoms with Crippen molar-refractivity contribution in [2.75, 3.05) is 6.61 Å². The molecular formula is C14H13F3O5. The second-order valence-corrected chi connectivity index (χ2v) is 5.30. The SMILES string of the molecule is CC1(C)OC(=O)C(C(CO)c2cc(F)c(F)cc2F)C(=O)O1. The van der Waals surface area contributed by atoms with Gasteiger partial charge in [0.05, 0.1) is 6.61 Å². The highest BCUT2D eigenvalue weighted by Crippen LogP contribution is 2.34. The summed E-state index contributed by atoms with van der Waals surface area (Å²) in [5.74, 6) is -10.7. The van der Waals surface area contributed by atoms with E-state index in [1.807, 2.05) is 0 Å². The summed E-state index contributed by atoms with van der Waals surface area (Å²) in [5, 5.41) is 9.38. The fourth-order valence-electron chi connectivity index (χ4n) is 2.26. The number of aliphatic hydroxyl groups excluding tert-OH is 1. The molecule has 1 fully saturated rings. The van der Waals surface area contributed by atoms with Crippen molar-refractivity contribution in [2.24, 2.45) is 5.92 Å². The van der Waals surface area contributed by atoms with Gasteiger partial charge in [0.15, 0.2) is 17.6 Å². The molecule has 1 N–H and O–H groups in total. The van der Waals surface area contributed by atoms with Crippen LogP contribution in [0.25, 0.3) is 0 Å². The standard InChI is InChI=1S/C14H13F3O5/c1-14(2)21-12(19)11(13(20)22-14)7(5-18)6-3-9(16)10(17)4-8(6)15/h3-4,7,11,18H,5H2,1-2H3. The third-order valence-corrected chi connectivity index (χ3v) is 3.24. The molecule has 1 aromatic rings. The van der Waals surface area contributed by atoms with Crippen LogP contribution in [0.3, 0.4) is 0 Å². The van der Waals surface area contributed by atoms with Crippen LogP contribution in [-0.4, -0.2) is 29.4 Å². The summed E-state index contributed by atoms with van der Waals surface area (Å²) in [6.07, 6.45) is 0. The molecule has 1 aliphatic heterocycles. The first kappa shape index (κ1) is 16.3. The Morgan fingerprint density at radius 3 is 2.09 bits per heavy atom. The Kier molecular flexibility index (Phi) is 4.15. The molecule has 0 bridgehead atoms. The average molecular weight is 318 g/mol. The first-order valence-electron chi connectivity index (χ1n) is 6.37. The van der Waals surface area contributed by atoms with E-state index < -0.39 is 59.2 Å². The van der Waals surface area contributed by atoms with Gasteiger partial charge in [-0.2, -0.15) is 0 Å². The van der Waals surface area contributed by atoms with Crippen molar-refractivity contribution < 1.29 is 37.3 Å². The Balaban J connectivity index is 2.43. The van der Waals surface area contributed by atoms with Gasteiger partial charge in [-0.25, -0.2) is 13.2 Å². The van der Waals surface area contributed by atoms with Gasteiger partial charge in [0.25, 0.3) is 5.79 Å².